The second kappa shape index (κ2) is 5.53. The highest BCUT2D eigenvalue weighted by molar-refractivity contribution is 5.92. The number of nitrogens with zero attached hydrogens (tertiary/aromatic N) is 6. The van der Waals surface area contributed by atoms with Crippen LogP contribution in [0.3, 0.4) is 0 Å². The van der Waals surface area contributed by atoms with E-state index in [1.165, 1.54) is 0 Å². The minimum Gasteiger partial charge on any atom is -0.476 e. The minimum absolute atomic E-state index is 0.0753. The molecule has 0 saturated heterocycles. The number of carboxylic acid groups (broad SMARTS) is 1. The first-order valence-corrected chi connectivity index (χ1v) is 6.28. The molecule has 8 nitrogen and oxygen atoms in total. The Balaban J connectivity index is 1.95. The number of carbonyl (C=O) groups is 1. The topological polar surface area (TPSA) is 98.7 Å². The summed E-state index contributed by atoms with van der Waals surface area (Å²) in [4.78, 5) is 19.3. The predicted molar refractivity (Wildman–Crippen MR) is 72.4 cm³/mol. The number of hydrogen-bond acceptors (Lipinski definition) is 5. The number of imidazole rings is 1. The summed E-state index contributed by atoms with van der Waals surface area (Å²) in [7, 11) is 0. The van der Waals surface area contributed by atoms with Gasteiger partial charge >= 0.3 is 5.97 Å². The molecule has 0 aromatic carbocycles. The van der Waals surface area contributed by atoms with Gasteiger partial charge in [-0.25, -0.2) is 14.5 Å². The maximum atomic E-state index is 11.3. The molecule has 0 aliphatic heterocycles. The molecule has 0 amide bonds. The first kappa shape index (κ1) is 13.0. The van der Waals surface area contributed by atoms with Crippen LogP contribution in [-0.2, 0) is 13.1 Å². The van der Waals surface area contributed by atoms with Crippen LogP contribution in [-0.4, -0.2) is 40.6 Å². The Labute approximate surface area is 119 Å². The van der Waals surface area contributed by atoms with Gasteiger partial charge in [-0.3, -0.25) is 4.98 Å². The Hall–Kier alpha value is -3.03. The first-order valence-electron chi connectivity index (χ1n) is 6.28. The van der Waals surface area contributed by atoms with Crippen molar-refractivity contribution in [1.29, 1.82) is 0 Å². The molecule has 8 heteroatoms. The van der Waals surface area contributed by atoms with Gasteiger partial charge in [-0.2, -0.15) is 0 Å². The number of hydrogen-bond donors (Lipinski definition) is 1. The van der Waals surface area contributed by atoms with Crippen LogP contribution in [0.4, 0.5) is 0 Å². The molecule has 3 heterocycles. The molecule has 0 radical (unpaired) electrons. The molecule has 106 valence electrons. The van der Waals surface area contributed by atoms with Gasteiger partial charge in [-0.15, -0.1) is 5.10 Å². The number of pyridine rings is 1. The molecule has 0 aliphatic carbocycles. The molecule has 21 heavy (non-hydrogen) atoms. The third-order valence-corrected chi connectivity index (χ3v) is 3.00. The van der Waals surface area contributed by atoms with E-state index in [-0.39, 0.29) is 5.69 Å². The van der Waals surface area contributed by atoms with Crippen LogP contribution in [0.2, 0.25) is 0 Å². The van der Waals surface area contributed by atoms with Gasteiger partial charge in [0.2, 0.25) is 0 Å². The number of aromatic nitrogens is 6. The van der Waals surface area contributed by atoms with Crippen molar-refractivity contribution in [3.63, 3.8) is 0 Å². The zero-order valence-electron chi connectivity index (χ0n) is 11.0. The standard InChI is InChI=1S/C13H12N6O2/c20-13(21)11-12(10-2-1-3-14-8-10)19(17-16-11)7-6-18-5-4-15-9-18/h1-5,8-9H,6-7H2,(H,20,21). The third kappa shape index (κ3) is 2.64. The fraction of sp³-hybridized carbons (Fsp3) is 0.154. The molecule has 3 aromatic heterocycles. The summed E-state index contributed by atoms with van der Waals surface area (Å²) in [6, 6.07) is 3.53. The smallest absolute Gasteiger partial charge is 0.358 e. The summed E-state index contributed by atoms with van der Waals surface area (Å²) in [5.74, 6) is -1.11. The Morgan fingerprint density at radius 1 is 1.24 bits per heavy atom. The first-order chi connectivity index (χ1) is 10.3. The van der Waals surface area contributed by atoms with E-state index < -0.39 is 5.97 Å². The largest absolute Gasteiger partial charge is 0.476 e. The van der Waals surface area contributed by atoms with Crippen LogP contribution in [0.15, 0.2) is 43.2 Å². The van der Waals surface area contributed by atoms with Crippen molar-refractivity contribution in [3.05, 3.63) is 48.9 Å². The van der Waals surface area contributed by atoms with Crippen LogP contribution in [0.25, 0.3) is 11.3 Å². The second-order valence-electron chi connectivity index (χ2n) is 4.36. The highest BCUT2D eigenvalue weighted by Crippen LogP contribution is 2.21. The summed E-state index contributed by atoms with van der Waals surface area (Å²) in [6.45, 7) is 1.11. The molecule has 0 aliphatic rings. The van der Waals surface area contributed by atoms with Gasteiger partial charge in [0.1, 0.15) is 5.69 Å². The lowest BCUT2D eigenvalue weighted by atomic mass is 10.1. The van der Waals surface area contributed by atoms with Crippen molar-refractivity contribution < 1.29 is 9.90 Å². The average Bonchev–Trinajstić information content (AvgIpc) is 3.15. The average molecular weight is 284 g/mol. The fourth-order valence-corrected chi connectivity index (χ4v) is 2.03. The highest BCUT2D eigenvalue weighted by Gasteiger charge is 2.20. The zero-order valence-corrected chi connectivity index (χ0v) is 11.0. The molecular weight excluding hydrogens is 272 g/mol. The maximum Gasteiger partial charge on any atom is 0.358 e. The van der Waals surface area contributed by atoms with Gasteiger partial charge in [-0.05, 0) is 12.1 Å². The second-order valence-corrected chi connectivity index (χ2v) is 4.36. The monoisotopic (exact) mass is 284 g/mol. The van der Waals surface area contributed by atoms with Gasteiger partial charge in [0.15, 0.2) is 5.69 Å². The van der Waals surface area contributed by atoms with E-state index in [9.17, 15) is 9.90 Å². The Morgan fingerprint density at radius 3 is 2.81 bits per heavy atom. The Kier molecular flexibility index (Phi) is 3.42. The lowest BCUT2D eigenvalue weighted by molar-refractivity contribution is 0.0691. The molecule has 0 spiro atoms. The molecule has 1 N–H and O–H groups in total. The van der Waals surface area contributed by atoms with Crippen molar-refractivity contribution in [1.82, 2.24) is 29.5 Å². The summed E-state index contributed by atoms with van der Waals surface area (Å²) >= 11 is 0. The van der Waals surface area contributed by atoms with Crippen molar-refractivity contribution >= 4 is 5.97 Å². The van der Waals surface area contributed by atoms with Crippen LogP contribution in [0, 0.1) is 0 Å². The SMILES string of the molecule is O=C(O)c1nnn(CCn2ccnc2)c1-c1cccnc1. The molecule has 0 fully saturated rings. The van der Waals surface area contributed by atoms with E-state index in [4.69, 9.17) is 0 Å². The van der Waals surface area contributed by atoms with Crippen LogP contribution < -0.4 is 0 Å². The van der Waals surface area contributed by atoms with Crippen molar-refractivity contribution in [2.75, 3.05) is 0 Å². The van der Waals surface area contributed by atoms with E-state index in [1.54, 1.807) is 41.7 Å². The van der Waals surface area contributed by atoms with Crippen molar-refractivity contribution in [2.24, 2.45) is 0 Å². The zero-order chi connectivity index (χ0) is 14.7. The normalized spacial score (nSPS) is 10.7. The summed E-state index contributed by atoms with van der Waals surface area (Å²) in [5.41, 5.74) is 1.05. The number of aromatic carboxylic acids is 1. The molecule has 0 bridgehead atoms. The highest BCUT2D eigenvalue weighted by atomic mass is 16.4. The Morgan fingerprint density at radius 2 is 2.14 bits per heavy atom. The van der Waals surface area contributed by atoms with Gasteiger partial charge in [0.25, 0.3) is 0 Å². The van der Waals surface area contributed by atoms with Gasteiger partial charge in [0, 0.05) is 36.9 Å². The van der Waals surface area contributed by atoms with Crippen LogP contribution in [0.5, 0.6) is 0 Å². The van der Waals surface area contributed by atoms with Crippen molar-refractivity contribution in [2.45, 2.75) is 13.1 Å². The van der Waals surface area contributed by atoms with E-state index in [0.29, 0.717) is 24.3 Å². The lowest BCUT2D eigenvalue weighted by Crippen LogP contribution is -2.10. The number of rotatable bonds is 5. The minimum atomic E-state index is -1.11. The molecule has 0 unspecified atom stereocenters. The molecule has 0 atom stereocenters. The van der Waals surface area contributed by atoms with Crippen LogP contribution >= 0.6 is 0 Å². The van der Waals surface area contributed by atoms with E-state index in [1.807, 2.05) is 10.8 Å². The quantitative estimate of drug-likeness (QED) is 0.748. The third-order valence-electron chi connectivity index (χ3n) is 3.00. The number of aryl methyl sites for hydroxylation is 2. The van der Waals surface area contributed by atoms with E-state index >= 15 is 0 Å². The maximum absolute atomic E-state index is 11.3. The van der Waals surface area contributed by atoms with Gasteiger partial charge < -0.3 is 9.67 Å². The van der Waals surface area contributed by atoms with Gasteiger partial charge in [0.05, 0.1) is 12.9 Å². The summed E-state index contributed by atoms with van der Waals surface area (Å²) < 4.78 is 3.45. The molecule has 0 saturated carbocycles. The fourth-order valence-electron chi connectivity index (χ4n) is 2.03. The van der Waals surface area contributed by atoms with Crippen molar-refractivity contribution in [3.8, 4) is 11.3 Å². The van der Waals surface area contributed by atoms with E-state index in [2.05, 4.69) is 20.3 Å². The molecule has 3 aromatic rings. The summed E-state index contributed by atoms with van der Waals surface area (Å²) in [5, 5.41) is 16.9. The number of carboxylic acids is 1. The Bertz CT molecular complexity index is 735. The van der Waals surface area contributed by atoms with Crippen LogP contribution in [0.1, 0.15) is 10.5 Å². The summed E-state index contributed by atoms with van der Waals surface area (Å²) in [6.07, 6.45) is 8.44. The molecular formula is C13H12N6O2. The van der Waals surface area contributed by atoms with E-state index in [0.717, 1.165) is 0 Å². The molecule has 3 rings (SSSR count). The predicted octanol–water partition coefficient (Wildman–Crippen LogP) is 0.935. The van der Waals surface area contributed by atoms with Gasteiger partial charge in [-0.1, -0.05) is 5.21 Å². The lowest BCUT2D eigenvalue weighted by Gasteiger charge is -2.07.